The number of aromatic nitrogens is 2. The summed E-state index contributed by atoms with van der Waals surface area (Å²) in [6, 6.07) is 8.34. The summed E-state index contributed by atoms with van der Waals surface area (Å²) in [4.78, 5) is 10.3. The van der Waals surface area contributed by atoms with E-state index < -0.39 is 9.84 Å². The highest BCUT2D eigenvalue weighted by molar-refractivity contribution is 7.91. The molecule has 25 heavy (non-hydrogen) atoms. The molecule has 0 saturated carbocycles. The van der Waals surface area contributed by atoms with E-state index >= 15 is 0 Å². The molecule has 5 nitrogen and oxygen atoms in total. The van der Waals surface area contributed by atoms with Crippen LogP contribution in [0, 0.1) is 12.7 Å². The van der Waals surface area contributed by atoms with Crippen molar-refractivity contribution < 1.29 is 12.8 Å². The normalized spacial score (nSPS) is 15.2. The fourth-order valence-electron chi connectivity index (χ4n) is 2.78. The summed E-state index contributed by atoms with van der Waals surface area (Å²) < 4.78 is 37.5. The van der Waals surface area contributed by atoms with Crippen molar-refractivity contribution in [3.05, 3.63) is 53.5 Å². The molecule has 0 fully saturated rings. The fraction of sp³-hybridized carbons (Fsp3) is 0.333. The number of halogens is 1. The molecule has 0 spiro atoms. The highest BCUT2D eigenvalue weighted by Gasteiger charge is 2.20. The second-order valence-corrected chi connectivity index (χ2v) is 8.16. The zero-order valence-electron chi connectivity index (χ0n) is 14.2. The monoisotopic (exact) mass is 361 g/mol. The van der Waals surface area contributed by atoms with Crippen LogP contribution in [0.5, 0.6) is 0 Å². The van der Waals surface area contributed by atoms with Crippen LogP contribution in [0.15, 0.2) is 41.6 Å². The van der Waals surface area contributed by atoms with Gasteiger partial charge in [-0.25, -0.2) is 22.8 Å². The van der Waals surface area contributed by atoms with E-state index in [4.69, 9.17) is 0 Å². The molecule has 0 radical (unpaired) electrons. The van der Waals surface area contributed by atoms with Crippen LogP contribution >= 0.6 is 0 Å². The van der Waals surface area contributed by atoms with E-state index in [1.165, 1.54) is 12.1 Å². The van der Waals surface area contributed by atoms with Crippen molar-refractivity contribution >= 4 is 21.2 Å². The van der Waals surface area contributed by atoms with E-state index in [0.29, 0.717) is 24.6 Å². The Balaban J connectivity index is 1.86. The predicted octanol–water partition coefficient (Wildman–Crippen LogP) is 3.01. The van der Waals surface area contributed by atoms with Crippen LogP contribution in [0.25, 0.3) is 5.57 Å². The second kappa shape index (κ2) is 6.92. The quantitative estimate of drug-likeness (QED) is 0.784. The molecule has 1 aromatic carbocycles. The maximum Gasteiger partial charge on any atom is 0.249 e. The predicted molar refractivity (Wildman–Crippen MR) is 95.7 cm³/mol. The SMILES string of the molecule is CCS(=O)(=O)c1nc(C)cc(N2CC=C(c3cccc(F)c3)CC2)n1. The molecule has 0 N–H and O–H groups in total. The Morgan fingerprint density at radius 3 is 2.68 bits per heavy atom. The summed E-state index contributed by atoms with van der Waals surface area (Å²) in [5.74, 6) is 0.329. The second-order valence-electron chi connectivity index (χ2n) is 5.99. The minimum Gasteiger partial charge on any atom is -0.352 e. The smallest absolute Gasteiger partial charge is 0.249 e. The maximum atomic E-state index is 13.4. The molecule has 0 atom stereocenters. The number of benzene rings is 1. The van der Waals surface area contributed by atoms with Crippen LogP contribution in [0.4, 0.5) is 10.2 Å². The number of hydrogen-bond acceptors (Lipinski definition) is 5. The molecule has 0 aliphatic carbocycles. The Bertz CT molecular complexity index is 926. The molecule has 132 valence electrons. The van der Waals surface area contributed by atoms with Crippen LogP contribution in [-0.4, -0.2) is 37.2 Å². The minimum absolute atomic E-state index is 0.0283. The Kier molecular flexibility index (Phi) is 4.85. The van der Waals surface area contributed by atoms with Gasteiger partial charge in [-0.05, 0) is 36.6 Å². The van der Waals surface area contributed by atoms with Crippen LogP contribution in [0.2, 0.25) is 0 Å². The third-order valence-corrected chi connectivity index (χ3v) is 5.71. The van der Waals surface area contributed by atoms with Gasteiger partial charge in [0.25, 0.3) is 0 Å². The van der Waals surface area contributed by atoms with E-state index in [-0.39, 0.29) is 16.7 Å². The first-order valence-electron chi connectivity index (χ1n) is 8.17. The Hall–Kier alpha value is -2.28. The van der Waals surface area contributed by atoms with E-state index in [0.717, 1.165) is 17.6 Å². The number of aryl methyl sites for hydroxylation is 1. The van der Waals surface area contributed by atoms with Crippen molar-refractivity contribution in [2.75, 3.05) is 23.7 Å². The van der Waals surface area contributed by atoms with Gasteiger partial charge in [-0.3, -0.25) is 0 Å². The third kappa shape index (κ3) is 3.87. The summed E-state index contributed by atoms with van der Waals surface area (Å²) in [5, 5.41) is -0.120. The van der Waals surface area contributed by atoms with Gasteiger partial charge in [0.15, 0.2) is 0 Å². The minimum atomic E-state index is -3.45. The van der Waals surface area contributed by atoms with Gasteiger partial charge in [-0.1, -0.05) is 25.1 Å². The number of rotatable bonds is 4. The van der Waals surface area contributed by atoms with Gasteiger partial charge in [-0.2, -0.15) is 0 Å². The summed E-state index contributed by atoms with van der Waals surface area (Å²) >= 11 is 0. The van der Waals surface area contributed by atoms with Crippen LogP contribution in [0.1, 0.15) is 24.6 Å². The van der Waals surface area contributed by atoms with Gasteiger partial charge in [0.1, 0.15) is 11.6 Å². The average Bonchev–Trinajstić information content (AvgIpc) is 2.61. The van der Waals surface area contributed by atoms with Crippen LogP contribution in [-0.2, 0) is 9.84 Å². The first kappa shape index (κ1) is 17.5. The number of nitrogens with zero attached hydrogens (tertiary/aromatic N) is 3. The largest absolute Gasteiger partial charge is 0.352 e. The lowest BCUT2D eigenvalue weighted by Gasteiger charge is -2.28. The average molecular weight is 361 g/mol. The summed E-state index contributed by atoms with van der Waals surface area (Å²) in [6.07, 6.45) is 2.77. The summed E-state index contributed by atoms with van der Waals surface area (Å²) in [6.45, 7) is 4.62. The lowest BCUT2D eigenvalue weighted by molar-refractivity contribution is 0.587. The molecule has 0 amide bonds. The van der Waals surface area contributed by atoms with Crippen LogP contribution < -0.4 is 4.90 Å². The van der Waals surface area contributed by atoms with Crippen molar-refractivity contribution in [2.45, 2.75) is 25.4 Å². The number of hydrogen-bond donors (Lipinski definition) is 0. The topological polar surface area (TPSA) is 63.2 Å². The van der Waals surface area contributed by atoms with E-state index in [2.05, 4.69) is 9.97 Å². The van der Waals surface area contributed by atoms with Crippen molar-refractivity contribution in [1.82, 2.24) is 9.97 Å². The molecule has 7 heteroatoms. The molecule has 2 aromatic rings. The van der Waals surface area contributed by atoms with E-state index in [1.807, 2.05) is 17.0 Å². The molecule has 1 aromatic heterocycles. The Morgan fingerprint density at radius 1 is 1.24 bits per heavy atom. The zero-order valence-corrected chi connectivity index (χ0v) is 15.1. The molecular weight excluding hydrogens is 341 g/mol. The van der Waals surface area contributed by atoms with Crippen molar-refractivity contribution in [3.63, 3.8) is 0 Å². The highest BCUT2D eigenvalue weighted by atomic mass is 32.2. The molecule has 2 heterocycles. The van der Waals surface area contributed by atoms with Crippen LogP contribution in [0.3, 0.4) is 0 Å². The van der Waals surface area contributed by atoms with Crippen molar-refractivity contribution in [2.24, 2.45) is 0 Å². The van der Waals surface area contributed by atoms with E-state index in [1.54, 1.807) is 26.0 Å². The maximum absolute atomic E-state index is 13.4. The van der Waals surface area contributed by atoms with Gasteiger partial charge < -0.3 is 4.90 Å². The Labute approximate surface area is 147 Å². The fourth-order valence-corrected chi connectivity index (χ4v) is 3.56. The standard InChI is InChI=1S/C18H20FN3O2S/c1-3-25(23,24)18-20-13(2)11-17(21-18)22-9-7-14(8-10-22)15-5-4-6-16(19)12-15/h4-7,11-12H,3,8-10H2,1-2H3. The molecular formula is C18H20FN3O2S. The molecule has 1 aliphatic heterocycles. The third-order valence-electron chi connectivity index (χ3n) is 4.21. The molecule has 0 saturated heterocycles. The highest BCUT2D eigenvalue weighted by Crippen LogP contribution is 2.26. The summed E-state index contributed by atoms with van der Waals surface area (Å²) in [5.41, 5.74) is 2.59. The van der Waals surface area contributed by atoms with Gasteiger partial charge >= 0.3 is 0 Å². The first-order chi connectivity index (χ1) is 11.9. The lowest BCUT2D eigenvalue weighted by Crippen LogP contribution is -2.29. The Morgan fingerprint density at radius 2 is 2.04 bits per heavy atom. The van der Waals surface area contributed by atoms with Crippen molar-refractivity contribution in [1.29, 1.82) is 0 Å². The van der Waals surface area contributed by atoms with Gasteiger partial charge in [0, 0.05) is 24.8 Å². The lowest BCUT2D eigenvalue weighted by atomic mass is 9.99. The van der Waals surface area contributed by atoms with Gasteiger partial charge in [-0.15, -0.1) is 0 Å². The molecule has 3 rings (SSSR count). The number of anilines is 1. The van der Waals surface area contributed by atoms with Gasteiger partial charge in [0.05, 0.1) is 5.75 Å². The molecule has 0 unspecified atom stereocenters. The zero-order chi connectivity index (χ0) is 18.0. The molecule has 1 aliphatic rings. The van der Waals surface area contributed by atoms with E-state index in [9.17, 15) is 12.8 Å². The van der Waals surface area contributed by atoms with Gasteiger partial charge in [0.2, 0.25) is 15.0 Å². The number of sulfone groups is 1. The van der Waals surface area contributed by atoms with Crippen molar-refractivity contribution in [3.8, 4) is 0 Å². The first-order valence-corrected chi connectivity index (χ1v) is 9.82. The molecule has 0 bridgehead atoms. The summed E-state index contributed by atoms with van der Waals surface area (Å²) in [7, 11) is -3.45.